The summed E-state index contributed by atoms with van der Waals surface area (Å²) < 4.78 is 10.7. The van der Waals surface area contributed by atoms with E-state index >= 15 is 0 Å². The molecule has 24 heavy (non-hydrogen) atoms. The lowest BCUT2D eigenvalue weighted by molar-refractivity contribution is 0.103. The number of carbonyl (C=O) groups is 1. The van der Waals surface area contributed by atoms with Gasteiger partial charge in [-0.2, -0.15) is 0 Å². The minimum atomic E-state index is -0.382. The average molecular weight is 318 g/mol. The fourth-order valence-corrected chi connectivity index (χ4v) is 2.13. The molecule has 0 aliphatic heterocycles. The lowest BCUT2D eigenvalue weighted by Gasteiger charge is -1.92. The third-order valence-electron chi connectivity index (χ3n) is 3.29. The van der Waals surface area contributed by atoms with Crippen LogP contribution in [-0.2, 0) is 0 Å². The van der Waals surface area contributed by atoms with Crippen LogP contribution in [0.3, 0.4) is 0 Å². The van der Waals surface area contributed by atoms with Crippen molar-refractivity contribution >= 4 is 5.78 Å². The number of hydrogen-bond acceptors (Lipinski definition) is 7. The molecule has 7 heteroatoms. The van der Waals surface area contributed by atoms with Crippen LogP contribution in [0.5, 0.6) is 0 Å². The normalized spacial score (nSPS) is 10.7. The summed E-state index contributed by atoms with van der Waals surface area (Å²) in [5.41, 5.74) is 1.68. The van der Waals surface area contributed by atoms with E-state index in [4.69, 9.17) is 8.83 Å². The van der Waals surface area contributed by atoms with Crippen molar-refractivity contribution in [2.75, 3.05) is 0 Å². The molecule has 0 radical (unpaired) electrons. The van der Waals surface area contributed by atoms with Gasteiger partial charge in [-0.15, -0.1) is 0 Å². The molecule has 0 aromatic carbocycles. The summed E-state index contributed by atoms with van der Waals surface area (Å²) in [6.07, 6.45) is 9.10. The molecule has 4 aromatic rings. The second-order valence-electron chi connectivity index (χ2n) is 4.89. The van der Waals surface area contributed by atoms with Crippen LogP contribution in [0.1, 0.15) is 16.2 Å². The predicted molar refractivity (Wildman–Crippen MR) is 82.9 cm³/mol. The molecule has 0 saturated heterocycles. The van der Waals surface area contributed by atoms with E-state index in [0.717, 1.165) is 0 Å². The van der Waals surface area contributed by atoms with E-state index in [-0.39, 0.29) is 17.2 Å². The van der Waals surface area contributed by atoms with Gasteiger partial charge in [0.15, 0.2) is 11.4 Å². The summed E-state index contributed by atoms with van der Waals surface area (Å²) in [6.45, 7) is 0. The Kier molecular flexibility index (Phi) is 3.43. The molecule has 4 aromatic heterocycles. The van der Waals surface area contributed by atoms with Gasteiger partial charge in [0, 0.05) is 24.8 Å². The first-order valence-electron chi connectivity index (χ1n) is 7.08. The van der Waals surface area contributed by atoms with Crippen LogP contribution in [0.25, 0.3) is 22.9 Å². The maximum absolute atomic E-state index is 12.5. The van der Waals surface area contributed by atoms with Crippen molar-refractivity contribution in [1.82, 2.24) is 19.9 Å². The van der Waals surface area contributed by atoms with Crippen molar-refractivity contribution in [3.8, 4) is 22.9 Å². The van der Waals surface area contributed by atoms with E-state index in [1.807, 2.05) is 0 Å². The Bertz CT molecular complexity index is 898. The number of pyridine rings is 2. The number of hydrogen-bond donors (Lipinski definition) is 0. The van der Waals surface area contributed by atoms with Gasteiger partial charge in [-0.25, -0.2) is 9.97 Å². The number of aromatic nitrogens is 4. The fraction of sp³-hybridized carbons (Fsp3) is 0. The standard InChI is InChI=1S/C17H10N4O3/c22-15(13-9-23-16(20-13)11-3-1-5-18-7-11)14-10-24-17(21-14)12-4-2-6-19-8-12/h1-10H. The first-order valence-corrected chi connectivity index (χ1v) is 7.08. The molecule has 0 aliphatic carbocycles. The Morgan fingerprint density at radius 1 is 0.792 bits per heavy atom. The zero-order valence-electron chi connectivity index (χ0n) is 12.3. The van der Waals surface area contributed by atoms with Gasteiger partial charge >= 0.3 is 0 Å². The number of rotatable bonds is 4. The lowest BCUT2D eigenvalue weighted by Crippen LogP contribution is -2.02. The van der Waals surface area contributed by atoms with Gasteiger partial charge in [0.25, 0.3) is 0 Å². The van der Waals surface area contributed by atoms with Gasteiger partial charge < -0.3 is 8.83 Å². The third kappa shape index (κ3) is 2.58. The molecule has 0 fully saturated rings. The van der Waals surface area contributed by atoms with Gasteiger partial charge in [0.2, 0.25) is 17.6 Å². The quantitative estimate of drug-likeness (QED) is 0.534. The summed E-state index contributed by atoms with van der Waals surface area (Å²) in [5, 5.41) is 0. The maximum Gasteiger partial charge on any atom is 0.236 e. The highest BCUT2D eigenvalue weighted by atomic mass is 16.3. The fourth-order valence-electron chi connectivity index (χ4n) is 2.13. The molecule has 0 saturated carbocycles. The smallest absolute Gasteiger partial charge is 0.236 e. The van der Waals surface area contributed by atoms with Gasteiger partial charge in [-0.1, -0.05) is 0 Å². The molecule has 4 rings (SSSR count). The average Bonchev–Trinajstić information content (AvgIpc) is 3.33. The van der Waals surface area contributed by atoms with Crippen molar-refractivity contribution in [3.05, 3.63) is 73.0 Å². The molecule has 0 unspecified atom stereocenters. The summed E-state index contributed by atoms with van der Waals surface area (Å²) in [4.78, 5) is 28.8. The summed E-state index contributed by atoms with van der Waals surface area (Å²) >= 11 is 0. The molecule has 4 heterocycles. The van der Waals surface area contributed by atoms with E-state index in [1.54, 1.807) is 49.1 Å². The molecule has 0 spiro atoms. The Morgan fingerprint density at radius 3 is 1.71 bits per heavy atom. The molecule has 0 aliphatic rings. The lowest BCUT2D eigenvalue weighted by atomic mass is 10.2. The molecule has 116 valence electrons. The monoisotopic (exact) mass is 318 g/mol. The molecule has 0 N–H and O–H groups in total. The summed E-state index contributed by atoms with van der Waals surface area (Å²) in [7, 11) is 0. The minimum absolute atomic E-state index is 0.153. The highest BCUT2D eigenvalue weighted by Crippen LogP contribution is 2.21. The van der Waals surface area contributed by atoms with E-state index in [0.29, 0.717) is 22.9 Å². The highest BCUT2D eigenvalue weighted by molar-refractivity contribution is 6.06. The van der Waals surface area contributed by atoms with Gasteiger partial charge in [0.1, 0.15) is 12.5 Å². The van der Waals surface area contributed by atoms with Crippen molar-refractivity contribution in [2.45, 2.75) is 0 Å². The second kappa shape index (κ2) is 5.88. The second-order valence-corrected chi connectivity index (χ2v) is 4.89. The topological polar surface area (TPSA) is 94.9 Å². The number of nitrogens with zero attached hydrogens (tertiary/aromatic N) is 4. The Labute approximate surface area is 136 Å². The van der Waals surface area contributed by atoms with E-state index in [2.05, 4.69) is 19.9 Å². The SMILES string of the molecule is O=C(c1coc(-c2cccnc2)n1)c1coc(-c2cccnc2)n1. The molecular weight excluding hydrogens is 308 g/mol. The molecule has 0 bridgehead atoms. The predicted octanol–water partition coefficient (Wildman–Crippen LogP) is 3.02. The largest absolute Gasteiger partial charge is 0.444 e. The first kappa shape index (κ1) is 14.0. The van der Waals surface area contributed by atoms with E-state index < -0.39 is 0 Å². The van der Waals surface area contributed by atoms with Crippen LogP contribution in [-0.4, -0.2) is 25.7 Å². The number of ketones is 1. The third-order valence-corrected chi connectivity index (χ3v) is 3.29. The van der Waals surface area contributed by atoms with Crippen LogP contribution in [0.15, 0.2) is 70.4 Å². The van der Waals surface area contributed by atoms with Gasteiger partial charge in [0.05, 0.1) is 11.1 Å². The molecule has 0 amide bonds. The van der Waals surface area contributed by atoms with Gasteiger partial charge in [-0.05, 0) is 24.3 Å². The van der Waals surface area contributed by atoms with Crippen molar-refractivity contribution in [2.24, 2.45) is 0 Å². The molecule has 7 nitrogen and oxygen atoms in total. The van der Waals surface area contributed by atoms with Crippen LogP contribution in [0.2, 0.25) is 0 Å². The Balaban J connectivity index is 1.61. The zero-order chi connectivity index (χ0) is 16.4. The minimum Gasteiger partial charge on any atom is -0.444 e. The van der Waals surface area contributed by atoms with Crippen molar-refractivity contribution in [1.29, 1.82) is 0 Å². The van der Waals surface area contributed by atoms with Crippen LogP contribution in [0, 0.1) is 0 Å². The Hall–Kier alpha value is -3.61. The molecular formula is C17H10N4O3. The zero-order valence-corrected chi connectivity index (χ0v) is 12.3. The first-order chi connectivity index (χ1) is 11.8. The van der Waals surface area contributed by atoms with Crippen molar-refractivity contribution in [3.63, 3.8) is 0 Å². The van der Waals surface area contributed by atoms with Crippen LogP contribution >= 0.6 is 0 Å². The van der Waals surface area contributed by atoms with E-state index in [1.165, 1.54) is 12.5 Å². The summed E-state index contributed by atoms with van der Waals surface area (Å²) in [6, 6.07) is 7.12. The highest BCUT2D eigenvalue weighted by Gasteiger charge is 2.19. The molecule has 0 atom stereocenters. The van der Waals surface area contributed by atoms with E-state index in [9.17, 15) is 4.79 Å². The van der Waals surface area contributed by atoms with Crippen molar-refractivity contribution < 1.29 is 13.6 Å². The van der Waals surface area contributed by atoms with Crippen LogP contribution < -0.4 is 0 Å². The maximum atomic E-state index is 12.5. The van der Waals surface area contributed by atoms with Gasteiger partial charge in [-0.3, -0.25) is 14.8 Å². The van der Waals surface area contributed by atoms with Crippen LogP contribution in [0.4, 0.5) is 0 Å². The number of oxazole rings is 2. The summed E-state index contributed by atoms with van der Waals surface area (Å²) in [5.74, 6) is 0.262. The Morgan fingerprint density at radius 2 is 1.29 bits per heavy atom. The number of carbonyl (C=O) groups excluding carboxylic acids is 1.